The number of para-hydroxylation sites is 1. The molecular formula is C19H14ClF3N8. The van der Waals surface area contributed by atoms with Crippen LogP contribution in [0.3, 0.4) is 0 Å². The zero-order valence-corrected chi connectivity index (χ0v) is 17.0. The second-order valence-electron chi connectivity index (χ2n) is 6.98. The molecule has 0 aliphatic rings. The van der Waals surface area contributed by atoms with Gasteiger partial charge in [0.15, 0.2) is 22.8 Å². The zero-order chi connectivity index (χ0) is 21.9. The molecule has 158 valence electrons. The number of rotatable bonds is 3. The third-order valence-electron chi connectivity index (χ3n) is 5.01. The first-order valence-electron chi connectivity index (χ1n) is 9.22. The van der Waals surface area contributed by atoms with E-state index in [0.29, 0.717) is 16.7 Å². The molecule has 1 unspecified atom stereocenters. The molecule has 4 heterocycles. The molecule has 0 spiro atoms. The lowest BCUT2D eigenvalue weighted by Gasteiger charge is -2.10. The topological polar surface area (TPSA) is 78.7 Å². The van der Waals surface area contributed by atoms with E-state index in [0.717, 1.165) is 5.69 Å². The number of halogens is 4. The standard InChI is InChI=1S/C19H14ClF3N8/c1-10-14(20)15(19(21,22)23)27-30(10)11(2)16-26-18-13-8-25-31(12-6-4-3-5-7-12)17(13)24-9-29(18)28-16/h3-9,11H,1-2H3. The summed E-state index contributed by atoms with van der Waals surface area (Å²) >= 11 is 5.88. The summed E-state index contributed by atoms with van der Waals surface area (Å²) in [6.45, 7) is 3.13. The van der Waals surface area contributed by atoms with Gasteiger partial charge in [-0.1, -0.05) is 29.8 Å². The van der Waals surface area contributed by atoms with E-state index in [1.807, 2.05) is 30.3 Å². The van der Waals surface area contributed by atoms with Crippen molar-refractivity contribution in [3.8, 4) is 5.69 Å². The van der Waals surface area contributed by atoms with Gasteiger partial charge in [0, 0.05) is 0 Å². The minimum absolute atomic E-state index is 0.181. The van der Waals surface area contributed by atoms with Crippen molar-refractivity contribution in [3.05, 3.63) is 65.1 Å². The van der Waals surface area contributed by atoms with Crippen LogP contribution >= 0.6 is 11.6 Å². The minimum Gasteiger partial charge on any atom is -0.257 e. The summed E-state index contributed by atoms with van der Waals surface area (Å²) in [5, 5.41) is 12.7. The highest BCUT2D eigenvalue weighted by atomic mass is 35.5. The zero-order valence-electron chi connectivity index (χ0n) is 16.2. The molecule has 0 fully saturated rings. The quantitative estimate of drug-likeness (QED) is 0.414. The van der Waals surface area contributed by atoms with Gasteiger partial charge < -0.3 is 0 Å². The van der Waals surface area contributed by atoms with Crippen molar-refractivity contribution in [2.45, 2.75) is 26.1 Å². The fraction of sp³-hybridized carbons (Fsp3) is 0.211. The van der Waals surface area contributed by atoms with Crippen molar-refractivity contribution >= 4 is 28.3 Å². The molecule has 12 heteroatoms. The van der Waals surface area contributed by atoms with Crippen LogP contribution in [-0.4, -0.2) is 39.1 Å². The molecule has 5 aromatic rings. The Bertz CT molecular complexity index is 1420. The van der Waals surface area contributed by atoms with E-state index in [-0.39, 0.29) is 11.5 Å². The second kappa shape index (κ2) is 6.77. The van der Waals surface area contributed by atoms with Gasteiger partial charge in [-0.15, -0.1) is 5.10 Å². The van der Waals surface area contributed by atoms with E-state index in [2.05, 4.69) is 25.3 Å². The first-order valence-corrected chi connectivity index (χ1v) is 9.59. The van der Waals surface area contributed by atoms with Crippen LogP contribution in [0.2, 0.25) is 5.02 Å². The molecule has 0 bridgehead atoms. The van der Waals surface area contributed by atoms with E-state index in [4.69, 9.17) is 11.6 Å². The SMILES string of the molecule is Cc1c(Cl)c(C(F)(F)F)nn1C(C)c1nc2c3cnn(-c4ccccc4)c3ncn2n1. The smallest absolute Gasteiger partial charge is 0.257 e. The second-order valence-corrected chi connectivity index (χ2v) is 7.36. The largest absolute Gasteiger partial charge is 0.436 e. The Balaban J connectivity index is 1.61. The molecule has 1 aromatic carbocycles. The number of aromatic nitrogens is 8. The average Bonchev–Trinajstić information content (AvgIpc) is 3.43. The summed E-state index contributed by atoms with van der Waals surface area (Å²) < 4.78 is 43.9. The van der Waals surface area contributed by atoms with Crippen LogP contribution in [0.15, 0.2) is 42.9 Å². The predicted molar refractivity (Wildman–Crippen MR) is 106 cm³/mol. The number of fused-ring (bicyclic) bond motifs is 3. The van der Waals surface area contributed by atoms with Crippen LogP contribution < -0.4 is 0 Å². The molecule has 0 radical (unpaired) electrons. The maximum Gasteiger partial charge on any atom is 0.436 e. The van der Waals surface area contributed by atoms with Gasteiger partial charge in [-0.05, 0) is 26.0 Å². The monoisotopic (exact) mass is 446 g/mol. The molecule has 0 saturated carbocycles. The summed E-state index contributed by atoms with van der Waals surface area (Å²) in [5.41, 5.74) is 0.962. The van der Waals surface area contributed by atoms with Crippen LogP contribution in [-0.2, 0) is 6.18 Å². The Morgan fingerprint density at radius 1 is 1.06 bits per heavy atom. The fourth-order valence-corrected chi connectivity index (χ4v) is 3.67. The van der Waals surface area contributed by atoms with Crippen molar-refractivity contribution in [2.24, 2.45) is 0 Å². The Morgan fingerprint density at radius 3 is 2.48 bits per heavy atom. The number of nitrogens with zero attached hydrogens (tertiary/aromatic N) is 8. The van der Waals surface area contributed by atoms with Crippen molar-refractivity contribution in [1.29, 1.82) is 0 Å². The molecule has 0 N–H and O–H groups in total. The average molecular weight is 447 g/mol. The van der Waals surface area contributed by atoms with Gasteiger partial charge in [-0.3, -0.25) is 4.68 Å². The molecule has 4 aromatic heterocycles. The van der Waals surface area contributed by atoms with Crippen molar-refractivity contribution < 1.29 is 13.2 Å². The fourth-order valence-electron chi connectivity index (χ4n) is 3.44. The molecular weight excluding hydrogens is 433 g/mol. The van der Waals surface area contributed by atoms with Crippen LogP contribution in [0.4, 0.5) is 13.2 Å². The minimum atomic E-state index is -4.65. The molecule has 8 nitrogen and oxygen atoms in total. The first kappa shape index (κ1) is 19.5. The van der Waals surface area contributed by atoms with E-state index in [9.17, 15) is 13.2 Å². The predicted octanol–water partition coefficient (Wildman–Crippen LogP) is 4.25. The van der Waals surface area contributed by atoms with Crippen molar-refractivity contribution in [3.63, 3.8) is 0 Å². The maximum absolute atomic E-state index is 13.2. The third kappa shape index (κ3) is 3.03. The molecule has 0 saturated heterocycles. The molecule has 0 amide bonds. The van der Waals surface area contributed by atoms with E-state index in [1.165, 1.54) is 22.4 Å². The summed E-state index contributed by atoms with van der Waals surface area (Å²) in [6, 6.07) is 8.81. The lowest BCUT2D eigenvalue weighted by Crippen LogP contribution is -2.14. The maximum atomic E-state index is 13.2. The van der Waals surface area contributed by atoms with E-state index >= 15 is 0 Å². The summed E-state index contributed by atoms with van der Waals surface area (Å²) in [7, 11) is 0. The van der Waals surface area contributed by atoms with E-state index in [1.54, 1.807) is 17.8 Å². The lowest BCUT2D eigenvalue weighted by molar-refractivity contribution is -0.141. The van der Waals surface area contributed by atoms with Gasteiger partial charge >= 0.3 is 6.18 Å². The highest BCUT2D eigenvalue weighted by molar-refractivity contribution is 6.31. The van der Waals surface area contributed by atoms with Crippen molar-refractivity contribution in [2.75, 3.05) is 0 Å². The Morgan fingerprint density at radius 2 is 1.81 bits per heavy atom. The van der Waals surface area contributed by atoms with Gasteiger partial charge in [-0.25, -0.2) is 19.2 Å². The summed E-state index contributed by atoms with van der Waals surface area (Å²) in [6.07, 6.45) is -1.53. The summed E-state index contributed by atoms with van der Waals surface area (Å²) in [5.74, 6) is 0.276. The number of benzene rings is 1. The molecule has 5 rings (SSSR count). The summed E-state index contributed by atoms with van der Waals surface area (Å²) in [4.78, 5) is 8.97. The first-order chi connectivity index (χ1) is 14.8. The van der Waals surface area contributed by atoms with Crippen LogP contribution in [0.25, 0.3) is 22.4 Å². The van der Waals surface area contributed by atoms with Crippen molar-refractivity contribution in [1.82, 2.24) is 39.1 Å². The van der Waals surface area contributed by atoms with Gasteiger partial charge in [0.1, 0.15) is 12.4 Å². The van der Waals surface area contributed by atoms with Gasteiger partial charge in [0.05, 0.1) is 28.0 Å². The van der Waals surface area contributed by atoms with Gasteiger partial charge in [0.2, 0.25) is 0 Å². The highest BCUT2D eigenvalue weighted by Gasteiger charge is 2.39. The number of hydrogen-bond acceptors (Lipinski definition) is 5. The number of alkyl halides is 3. The van der Waals surface area contributed by atoms with Crippen LogP contribution in [0.1, 0.15) is 30.2 Å². The van der Waals surface area contributed by atoms with Gasteiger partial charge in [-0.2, -0.15) is 23.4 Å². The molecule has 1 atom stereocenters. The third-order valence-corrected chi connectivity index (χ3v) is 5.46. The van der Waals surface area contributed by atoms with Gasteiger partial charge in [0.25, 0.3) is 0 Å². The molecule has 0 aliphatic carbocycles. The number of hydrogen-bond donors (Lipinski definition) is 0. The molecule has 0 aliphatic heterocycles. The Kier molecular flexibility index (Phi) is 4.26. The van der Waals surface area contributed by atoms with E-state index < -0.39 is 22.9 Å². The highest BCUT2D eigenvalue weighted by Crippen LogP contribution is 2.36. The van der Waals surface area contributed by atoms with Crippen LogP contribution in [0.5, 0.6) is 0 Å². The Hall–Kier alpha value is -3.47. The Labute approximate surface area is 177 Å². The lowest BCUT2D eigenvalue weighted by atomic mass is 10.3. The van der Waals surface area contributed by atoms with Crippen LogP contribution in [0, 0.1) is 6.92 Å². The molecule has 31 heavy (non-hydrogen) atoms. The normalized spacial score (nSPS) is 13.4.